The lowest BCUT2D eigenvalue weighted by Crippen LogP contribution is -2.40. The number of nitrogens with two attached hydrogens (primary N) is 1. The molecule has 0 amide bonds. The zero-order valence-electron chi connectivity index (χ0n) is 13.3. The second-order valence-corrected chi connectivity index (χ2v) is 5.85. The number of nitrogens with one attached hydrogen (secondary N) is 1. The van der Waals surface area contributed by atoms with E-state index in [-0.39, 0.29) is 0 Å². The number of hydrogen-bond donors (Lipinski definition) is 2. The molecule has 0 fully saturated rings. The molecule has 0 saturated heterocycles. The fraction of sp³-hybridized carbons (Fsp3) is 0.500. The summed E-state index contributed by atoms with van der Waals surface area (Å²) in [5, 5.41) is 4.42. The van der Waals surface area contributed by atoms with Crippen LogP contribution in [0, 0.1) is 0 Å². The number of hydrogen-bond acceptors (Lipinski definition) is 5. The van der Waals surface area contributed by atoms with E-state index >= 15 is 0 Å². The molecule has 0 aliphatic heterocycles. The van der Waals surface area contributed by atoms with Gasteiger partial charge in [-0.05, 0) is 45.9 Å². The highest BCUT2D eigenvalue weighted by atomic mass is 15.2. The van der Waals surface area contributed by atoms with Gasteiger partial charge < -0.3 is 11.1 Å². The number of benzene rings is 1. The molecule has 1 aromatic carbocycles. The number of rotatable bonds is 6. The lowest BCUT2D eigenvalue weighted by molar-refractivity contribution is 0.182. The molecular formula is C16H25N5. The van der Waals surface area contributed by atoms with E-state index in [9.17, 15) is 0 Å². The monoisotopic (exact) mass is 287 g/mol. The Balaban J connectivity index is 2.07. The Morgan fingerprint density at radius 3 is 2.52 bits per heavy atom. The van der Waals surface area contributed by atoms with Crippen LogP contribution >= 0.6 is 0 Å². The molecule has 0 radical (unpaired) electrons. The zero-order chi connectivity index (χ0) is 15.4. The van der Waals surface area contributed by atoms with E-state index in [1.165, 1.54) is 0 Å². The van der Waals surface area contributed by atoms with Gasteiger partial charge in [0.05, 0.1) is 5.52 Å². The Kier molecular flexibility index (Phi) is 4.96. The first kappa shape index (κ1) is 15.5. The van der Waals surface area contributed by atoms with Gasteiger partial charge in [-0.1, -0.05) is 0 Å². The Morgan fingerprint density at radius 1 is 1.14 bits per heavy atom. The van der Waals surface area contributed by atoms with E-state index in [0.29, 0.717) is 12.1 Å². The second-order valence-electron chi connectivity index (χ2n) is 5.85. The summed E-state index contributed by atoms with van der Waals surface area (Å²) in [5.41, 5.74) is 7.39. The number of fused-ring (bicyclic) bond motifs is 1. The Bertz CT molecular complexity index is 586. The Labute approximate surface area is 126 Å². The minimum atomic E-state index is 0.536. The average molecular weight is 287 g/mol. The van der Waals surface area contributed by atoms with Crippen molar-refractivity contribution in [3.8, 4) is 0 Å². The van der Waals surface area contributed by atoms with Gasteiger partial charge in [-0.15, -0.1) is 0 Å². The van der Waals surface area contributed by atoms with Crippen LogP contribution in [0.25, 0.3) is 10.9 Å². The molecule has 0 bridgehead atoms. The summed E-state index contributed by atoms with van der Waals surface area (Å²) in [5.74, 6) is 0.868. The molecule has 0 saturated carbocycles. The Hall–Kier alpha value is -1.88. The standard InChI is InChI=1S/C16H25N5/c1-11(2)21(12(3)4)8-7-18-16-14-6-5-13(17)9-15(14)19-10-20-16/h5-6,9-12H,7-8,17H2,1-4H3,(H,18,19,20). The van der Waals surface area contributed by atoms with Gasteiger partial charge in [0.2, 0.25) is 0 Å². The summed E-state index contributed by atoms with van der Waals surface area (Å²) in [7, 11) is 0. The van der Waals surface area contributed by atoms with Gasteiger partial charge in [0.15, 0.2) is 0 Å². The summed E-state index contributed by atoms with van der Waals surface area (Å²) < 4.78 is 0. The van der Waals surface area contributed by atoms with Crippen LogP contribution in [-0.4, -0.2) is 40.0 Å². The van der Waals surface area contributed by atoms with E-state index in [2.05, 4.69) is 47.9 Å². The van der Waals surface area contributed by atoms with Crippen LogP contribution in [0.3, 0.4) is 0 Å². The van der Waals surface area contributed by atoms with Crippen molar-refractivity contribution in [3.05, 3.63) is 24.5 Å². The van der Waals surface area contributed by atoms with E-state index < -0.39 is 0 Å². The molecular weight excluding hydrogens is 262 g/mol. The molecule has 0 unspecified atom stereocenters. The maximum absolute atomic E-state index is 5.79. The first-order valence-electron chi connectivity index (χ1n) is 7.49. The van der Waals surface area contributed by atoms with Crippen molar-refractivity contribution in [2.75, 3.05) is 24.1 Å². The molecule has 2 aromatic rings. The predicted octanol–water partition coefficient (Wildman–Crippen LogP) is 2.74. The third-order valence-electron chi connectivity index (χ3n) is 3.65. The minimum Gasteiger partial charge on any atom is -0.399 e. The van der Waals surface area contributed by atoms with E-state index in [0.717, 1.165) is 35.5 Å². The number of aromatic nitrogens is 2. The number of nitrogens with zero attached hydrogens (tertiary/aromatic N) is 3. The van der Waals surface area contributed by atoms with Crippen LogP contribution in [0.15, 0.2) is 24.5 Å². The maximum atomic E-state index is 5.79. The second kappa shape index (κ2) is 6.72. The molecule has 1 aromatic heterocycles. The lowest BCUT2D eigenvalue weighted by atomic mass is 10.2. The SMILES string of the molecule is CC(C)N(CCNc1ncnc2cc(N)ccc12)C(C)C. The van der Waals surface area contributed by atoms with Gasteiger partial charge >= 0.3 is 0 Å². The van der Waals surface area contributed by atoms with Crippen molar-refractivity contribution in [1.29, 1.82) is 0 Å². The van der Waals surface area contributed by atoms with Gasteiger partial charge in [0.1, 0.15) is 12.1 Å². The van der Waals surface area contributed by atoms with E-state index in [1.54, 1.807) is 6.33 Å². The van der Waals surface area contributed by atoms with Crippen molar-refractivity contribution >= 4 is 22.4 Å². The molecule has 0 spiro atoms. The molecule has 3 N–H and O–H groups in total. The van der Waals surface area contributed by atoms with Crippen LogP contribution in [0.1, 0.15) is 27.7 Å². The van der Waals surface area contributed by atoms with Crippen LogP contribution in [0.5, 0.6) is 0 Å². The van der Waals surface area contributed by atoms with Crippen molar-refractivity contribution in [2.45, 2.75) is 39.8 Å². The van der Waals surface area contributed by atoms with Crippen molar-refractivity contribution in [1.82, 2.24) is 14.9 Å². The summed E-state index contributed by atoms with van der Waals surface area (Å²) in [6, 6.07) is 6.79. The van der Waals surface area contributed by atoms with Gasteiger partial charge in [-0.25, -0.2) is 9.97 Å². The highest BCUT2D eigenvalue weighted by molar-refractivity contribution is 5.90. The molecule has 5 heteroatoms. The summed E-state index contributed by atoms with van der Waals surface area (Å²) in [4.78, 5) is 11.1. The lowest BCUT2D eigenvalue weighted by Gasteiger charge is -2.30. The fourth-order valence-corrected chi connectivity index (χ4v) is 2.63. The van der Waals surface area contributed by atoms with Crippen molar-refractivity contribution < 1.29 is 0 Å². The highest BCUT2D eigenvalue weighted by Gasteiger charge is 2.12. The molecule has 21 heavy (non-hydrogen) atoms. The summed E-state index contributed by atoms with van der Waals surface area (Å²) in [6.07, 6.45) is 1.58. The summed E-state index contributed by atoms with van der Waals surface area (Å²) in [6.45, 7) is 10.7. The number of nitrogen functional groups attached to an aromatic ring is 1. The Morgan fingerprint density at radius 2 is 1.86 bits per heavy atom. The predicted molar refractivity (Wildman–Crippen MR) is 89.4 cm³/mol. The molecule has 0 aliphatic rings. The molecule has 5 nitrogen and oxygen atoms in total. The fourth-order valence-electron chi connectivity index (χ4n) is 2.63. The van der Waals surface area contributed by atoms with Crippen LogP contribution in [0.4, 0.5) is 11.5 Å². The van der Waals surface area contributed by atoms with Crippen LogP contribution in [-0.2, 0) is 0 Å². The van der Waals surface area contributed by atoms with E-state index in [4.69, 9.17) is 5.73 Å². The van der Waals surface area contributed by atoms with Crippen molar-refractivity contribution in [3.63, 3.8) is 0 Å². The smallest absolute Gasteiger partial charge is 0.137 e. The van der Waals surface area contributed by atoms with Gasteiger partial charge in [0.25, 0.3) is 0 Å². The molecule has 0 atom stereocenters. The quantitative estimate of drug-likeness (QED) is 0.800. The maximum Gasteiger partial charge on any atom is 0.137 e. The van der Waals surface area contributed by atoms with Crippen LogP contribution in [0.2, 0.25) is 0 Å². The van der Waals surface area contributed by atoms with Gasteiger partial charge in [-0.3, -0.25) is 4.90 Å². The minimum absolute atomic E-state index is 0.536. The number of anilines is 2. The zero-order valence-corrected chi connectivity index (χ0v) is 13.3. The third-order valence-corrected chi connectivity index (χ3v) is 3.65. The summed E-state index contributed by atoms with van der Waals surface area (Å²) >= 11 is 0. The largest absolute Gasteiger partial charge is 0.399 e. The van der Waals surface area contributed by atoms with E-state index in [1.807, 2.05) is 18.2 Å². The molecule has 0 aliphatic carbocycles. The topological polar surface area (TPSA) is 67.1 Å². The van der Waals surface area contributed by atoms with Crippen molar-refractivity contribution in [2.24, 2.45) is 0 Å². The molecule has 114 valence electrons. The first-order chi connectivity index (χ1) is 9.99. The third kappa shape index (κ3) is 3.82. The van der Waals surface area contributed by atoms with Crippen LogP contribution < -0.4 is 11.1 Å². The normalized spacial score (nSPS) is 11.8. The highest BCUT2D eigenvalue weighted by Crippen LogP contribution is 2.21. The average Bonchev–Trinajstić information content (AvgIpc) is 2.42. The van der Waals surface area contributed by atoms with Gasteiger partial charge in [0, 0.05) is 36.2 Å². The molecule has 2 rings (SSSR count). The molecule has 1 heterocycles. The van der Waals surface area contributed by atoms with Gasteiger partial charge in [-0.2, -0.15) is 0 Å². The first-order valence-corrected chi connectivity index (χ1v) is 7.49.